The lowest BCUT2D eigenvalue weighted by molar-refractivity contribution is -0.127. The predicted octanol–water partition coefficient (Wildman–Crippen LogP) is 3.32. The number of pyridine rings is 1. The van der Waals surface area contributed by atoms with Crippen LogP contribution < -0.4 is 5.32 Å². The minimum absolute atomic E-state index is 0.0898. The maximum Gasteiger partial charge on any atom is 0.241 e. The average molecular weight is 311 g/mol. The van der Waals surface area contributed by atoms with E-state index in [1.807, 2.05) is 31.3 Å². The van der Waals surface area contributed by atoms with E-state index >= 15 is 0 Å². The number of benzene rings is 1. The Morgan fingerprint density at radius 3 is 2.39 bits per heavy atom. The van der Waals surface area contributed by atoms with Crippen LogP contribution in [0.5, 0.6) is 0 Å². The first kappa shape index (κ1) is 17.0. The molecule has 4 nitrogen and oxygen atoms in total. The normalized spacial score (nSPS) is 10.6. The van der Waals surface area contributed by atoms with Gasteiger partial charge in [-0.1, -0.05) is 26.0 Å². The van der Waals surface area contributed by atoms with Crippen LogP contribution in [0.15, 0.2) is 48.8 Å². The quantitative estimate of drug-likeness (QED) is 0.853. The molecule has 1 aromatic carbocycles. The summed E-state index contributed by atoms with van der Waals surface area (Å²) in [5.74, 6) is 0.608. The second-order valence-corrected chi connectivity index (χ2v) is 6.05. The number of amides is 1. The van der Waals surface area contributed by atoms with Gasteiger partial charge in [-0.05, 0) is 47.7 Å². The lowest BCUT2D eigenvalue weighted by atomic mass is 10.0. The second-order valence-electron chi connectivity index (χ2n) is 6.05. The fourth-order valence-corrected chi connectivity index (χ4v) is 2.27. The Hall–Kier alpha value is -2.36. The zero-order valence-electron chi connectivity index (χ0n) is 14.1. The van der Waals surface area contributed by atoms with Crippen LogP contribution in [0, 0.1) is 0 Å². The highest BCUT2D eigenvalue weighted by molar-refractivity contribution is 5.80. The van der Waals surface area contributed by atoms with Gasteiger partial charge in [-0.25, -0.2) is 0 Å². The Morgan fingerprint density at radius 1 is 1.13 bits per heavy atom. The second kappa shape index (κ2) is 8.32. The van der Waals surface area contributed by atoms with Gasteiger partial charge in [-0.15, -0.1) is 0 Å². The Labute approximate surface area is 138 Å². The third kappa shape index (κ3) is 5.40. The van der Waals surface area contributed by atoms with Crippen molar-refractivity contribution in [1.29, 1.82) is 0 Å². The Morgan fingerprint density at radius 2 is 1.78 bits per heavy atom. The first-order valence-corrected chi connectivity index (χ1v) is 8.03. The summed E-state index contributed by atoms with van der Waals surface area (Å²) in [5, 5.41) is 3.19. The van der Waals surface area contributed by atoms with Gasteiger partial charge in [-0.3, -0.25) is 9.78 Å². The summed E-state index contributed by atoms with van der Waals surface area (Å²) >= 11 is 0. The van der Waals surface area contributed by atoms with Gasteiger partial charge in [0.1, 0.15) is 0 Å². The van der Waals surface area contributed by atoms with Crippen molar-refractivity contribution in [3.8, 4) is 0 Å². The van der Waals surface area contributed by atoms with Crippen LogP contribution in [-0.4, -0.2) is 35.9 Å². The fraction of sp³-hybridized carbons (Fsp3) is 0.368. The van der Waals surface area contributed by atoms with E-state index in [0.29, 0.717) is 19.0 Å². The number of nitrogens with one attached hydrogen (secondary N) is 1. The topological polar surface area (TPSA) is 45.2 Å². The van der Waals surface area contributed by atoms with E-state index in [4.69, 9.17) is 0 Å². The molecule has 1 aromatic heterocycles. The molecule has 4 heteroatoms. The summed E-state index contributed by atoms with van der Waals surface area (Å²) in [6.07, 6.45) is 4.40. The minimum Gasteiger partial charge on any atom is -0.376 e. The molecule has 0 saturated heterocycles. The number of rotatable bonds is 7. The molecule has 1 heterocycles. The smallest absolute Gasteiger partial charge is 0.241 e. The van der Waals surface area contributed by atoms with Gasteiger partial charge in [0.2, 0.25) is 5.91 Å². The first-order valence-electron chi connectivity index (χ1n) is 8.03. The third-order valence-electron chi connectivity index (χ3n) is 3.93. The zero-order chi connectivity index (χ0) is 16.7. The van der Waals surface area contributed by atoms with Gasteiger partial charge in [0.15, 0.2) is 0 Å². The predicted molar refractivity (Wildman–Crippen MR) is 94.6 cm³/mol. The van der Waals surface area contributed by atoms with Gasteiger partial charge in [-0.2, -0.15) is 0 Å². The van der Waals surface area contributed by atoms with Crippen molar-refractivity contribution >= 4 is 11.6 Å². The molecule has 0 bridgehead atoms. The number of carbonyl (C=O) groups excluding carboxylic acids is 1. The largest absolute Gasteiger partial charge is 0.376 e. The molecular formula is C19H25N3O. The van der Waals surface area contributed by atoms with Gasteiger partial charge in [0, 0.05) is 31.7 Å². The summed E-state index contributed by atoms with van der Waals surface area (Å²) in [4.78, 5) is 17.9. The standard InChI is InChI=1S/C19H25N3O/c1-15(2)17-4-6-18(7-5-17)21-14-19(23)22(3)13-10-16-8-11-20-12-9-16/h4-9,11-12,15,21H,10,13-14H2,1-3H3. The molecule has 1 amide bonds. The van der Waals surface area contributed by atoms with E-state index in [9.17, 15) is 4.79 Å². The summed E-state index contributed by atoms with van der Waals surface area (Å²) in [5.41, 5.74) is 3.47. The third-order valence-corrected chi connectivity index (χ3v) is 3.93. The Kier molecular flexibility index (Phi) is 6.15. The van der Waals surface area contributed by atoms with Crippen molar-refractivity contribution in [1.82, 2.24) is 9.88 Å². The number of carbonyl (C=O) groups is 1. The maximum atomic E-state index is 12.2. The van der Waals surface area contributed by atoms with Crippen molar-refractivity contribution < 1.29 is 4.79 Å². The molecule has 2 rings (SSSR count). The number of hydrogen-bond donors (Lipinski definition) is 1. The van der Waals surface area contributed by atoms with E-state index in [2.05, 4.69) is 36.3 Å². The number of likely N-dealkylation sites (N-methyl/N-ethyl adjacent to an activating group) is 1. The van der Waals surface area contributed by atoms with Crippen LogP contribution in [-0.2, 0) is 11.2 Å². The van der Waals surface area contributed by atoms with Crippen LogP contribution in [0.2, 0.25) is 0 Å². The fourth-order valence-electron chi connectivity index (χ4n) is 2.27. The summed E-state index contributed by atoms with van der Waals surface area (Å²) < 4.78 is 0. The number of anilines is 1. The number of aromatic nitrogens is 1. The van der Waals surface area contributed by atoms with E-state index in [0.717, 1.165) is 12.1 Å². The lowest BCUT2D eigenvalue weighted by Crippen LogP contribution is -2.33. The first-order chi connectivity index (χ1) is 11.1. The van der Waals surface area contributed by atoms with Crippen LogP contribution in [0.4, 0.5) is 5.69 Å². The molecule has 23 heavy (non-hydrogen) atoms. The molecule has 0 unspecified atom stereocenters. The van der Waals surface area contributed by atoms with E-state index < -0.39 is 0 Å². The van der Waals surface area contributed by atoms with E-state index in [1.54, 1.807) is 17.3 Å². The zero-order valence-corrected chi connectivity index (χ0v) is 14.1. The van der Waals surface area contributed by atoms with Crippen LogP contribution in [0.1, 0.15) is 30.9 Å². The molecule has 0 atom stereocenters. The van der Waals surface area contributed by atoms with Crippen molar-refractivity contribution in [3.63, 3.8) is 0 Å². The highest BCUT2D eigenvalue weighted by Crippen LogP contribution is 2.16. The molecule has 2 aromatic rings. The summed E-state index contributed by atoms with van der Waals surface area (Å²) in [6, 6.07) is 12.2. The molecule has 0 spiro atoms. The molecule has 0 saturated carbocycles. The molecule has 0 radical (unpaired) electrons. The SMILES string of the molecule is CC(C)c1ccc(NCC(=O)N(C)CCc2ccncc2)cc1. The van der Waals surface area contributed by atoms with Gasteiger partial charge >= 0.3 is 0 Å². The van der Waals surface area contributed by atoms with Crippen molar-refractivity contribution in [2.45, 2.75) is 26.2 Å². The minimum atomic E-state index is 0.0898. The highest BCUT2D eigenvalue weighted by Gasteiger charge is 2.08. The highest BCUT2D eigenvalue weighted by atomic mass is 16.2. The van der Waals surface area contributed by atoms with E-state index in [-0.39, 0.29) is 5.91 Å². The molecule has 122 valence electrons. The Balaban J connectivity index is 1.77. The summed E-state index contributed by atoms with van der Waals surface area (Å²) in [7, 11) is 1.84. The summed E-state index contributed by atoms with van der Waals surface area (Å²) in [6.45, 7) is 5.36. The van der Waals surface area contributed by atoms with E-state index in [1.165, 1.54) is 11.1 Å². The van der Waals surface area contributed by atoms with Gasteiger partial charge in [0.05, 0.1) is 6.54 Å². The molecule has 0 aliphatic rings. The molecule has 1 N–H and O–H groups in total. The van der Waals surface area contributed by atoms with Crippen LogP contribution >= 0.6 is 0 Å². The number of hydrogen-bond acceptors (Lipinski definition) is 3. The van der Waals surface area contributed by atoms with Crippen LogP contribution in [0.25, 0.3) is 0 Å². The average Bonchev–Trinajstić information content (AvgIpc) is 2.58. The maximum absolute atomic E-state index is 12.2. The number of nitrogens with zero attached hydrogens (tertiary/aromatic N) is 2. The molecule has 0 fully saturated rings. The molecular weight excluding hydrogens is 286 g/mol. The Bertz CT molecular complexity index is 608. The van der Waals surface area contributed by atoms with Gasteiger partial charge in [0.25, 0.3) is 0 Å². The van der Waals surface area contributed by atoms with Crippen molar-refractivity contribution in [2.75, 3.05) is 25.5 Å². The van der Waals surface area contributed by atoms with Crippen molar-refractivity contribution in [2.24, 2.45) is 0 Å². The monoisotopic (exact) mass is 311 g/mol. The molecule has 0 aliphatic carbocycles. The van der Waals surface area contributed by atoms with Crippen LogP contribution in [0.3, 0.4) is 0 Å². The van der Waals surface area contributed by atoms with Crippen molar-refractivity contribution in [3.05, 3.63) is 59.9 Å². The molecule has 0 aliphatic heterocycles. The lowest BCUT2D eigenvalue weighted by Gasteiger charge is -2.18. The van der Waals surface area contributed by atoms with Gasteiger partial charge < -0.3 is 10.2 Å².